The van der Waals surface area contributed by atoms with Gasteiger partial charge in [0.05, 0.1) is 24.7 Å². The number of aliphatic hydroxyl groups is 1. The number of carbonyl (C=O) groups is 2. The Kier molecular flexibility index (Phi) is 4.66. The first-order valence-electron chi connectivity index (χ1n) is 9.19. The van der Waals surface area contributed by atoms with Crippen LogP contribution in [-0.2, 0) is 14.9 Å². The Morgan fingerprint density at radius 1 is 1.54 bits per heavy atom. The van der Waals surface area contributed by atoms with Crippen LogP contribution in [0.15, 0.2) is 22.3 Å². The molecular formula is C20H22BrNO6. The summed E-state index contributed by atoms with van der Waals surface area (Å²) in [6, 6.07) is 1.68. The molecule has 0 radical (unpaired) electrons. The number of likely N-dealkylation sites (tertiary alicyclic amines) is 1. The highest BCUT2D eigenvalue weighted by Crippen LogP contribution is 2.60. The number of benzene rings is 1. The summed E-state index contributed by atoms with van der Waals surface area (Å²) in [5.74, 6) is 0.443. The zero-order chi connectivity index (χ0) is 20.2. The van der Waals surface area contributed by atoms with Gasteiger partial charge in [0.2, 0.25) is 0 Å². The van der Waals surface area contributed by atoms with Crippen molar-refractivity contribution < 1.29 is 28.9 Å². The molecule has 4 rings (SSSR count). The number of likely N-dealkylation sites (N-methyl/N-ethyl adjacent to an activating group) is 1. The van der Waals surface area contributed by atoms with E-state index < -0.39 is 23.6 Å². The van der Waals surface area contributed by atoms with Crippen LogP contribution in [0, 0.1) is 0 Å². The molecule has 3 atom stereocenters. The maximum absolute atomic E-state index is 13.0. The minimum Gasteiger partial charge on any atom is -0.493 e. The highest BCUT2D eigenvalue weighted by molar-refractivity contribution is 9.10. The summed E-state index contributed by atoms with van der Waals surface area (Å²) in [6.07, 6.45) is 1.59. The third kappa shape index (κ3) is 2.58. The summed E-state index contributed by atoms with van der Waals surface area (Å²) < 4.78 is 17.7. The average molecular weight is 452 g/mol. The highest BCUT2D eigenvalue weighted by atomic mass is 79.9. The molecule has 7 nitrogen and oxygen atoms in total. The Morgan fingerprint density at radius 2 is 2.29 bits per heavy atom. The quantitative estimate of drug-likeness (QED) is 0.702. The smallest absolute Gasteiger partial charge is 0.340 e. The molecule has 0 aromatic heterocycles. The fraction of sp³-hybridized carbons (Fsp3) is 0.500. The molecule has 3 aliphatic rings. The van der Waals surface area contributed by atoms with Crippen LogP contribution in [0.25, 0.3) is 0 Å². The number of allylic oxidation sites excluding steroid dienone is 1. The van der Waals surface area contributed by atoms with Crippen LogP contribution in [-0.4, -0.2) is 61.3 Å². The second-order valence-electron chi connectivity index (χ2n) is 7.49. The number of hydrogen-bond donors (Lipinski definition) is 1. The van der Waals surface area contributed by atoms with E-state index in [4.69, 9.17) is 14.2 Å². The van der Waals surface area contributed by atoms with Crippen molar-refractivity contribution in [3.63, 3.8) is 0 Å². The van der Waals surface area contributed by atoms with E-state index in [1.165, 1.54) is 0 Å². The Labute approximate surface area is 171 Å². The van der Waals surface area contributed by atoms with Gasteiger partial charge in [0, 0.05) is 41.8 Å². The first-order valence-corrected chi connectivity index (χ1v) is 9.98. The molecule has 1 spiro atoms. The topological polar surface area (TPSA) is 85.3 Å². The number of aliphatic hydroxyl groups excluding tert-OH is 1. The number of hydrogen-bond acceptors (Lipinski definition) is 7. The van der Waals surface area contributed by atoms with Gasteiger partial charge in [-0.05, 0) is 35.3 Å². The van der Waals surface area contributed by atoms with Gasteiger partial charge in [-0.2, -0.15) is 0 Å². The molecule has 1 aromatic rings. The van der Waals surface area contributed by atoms with Gasteiger partial charge in [0.1, 0.15) is 12.2 Å². The maximum atomic E-state index is 13.0. The van der Waals surface area contributed by atoms with Gasteiger partial charge in [0.25, 0.3) is 0 Å². The van der Waals surface area contributed by atoms with Crippen molar-refractivity contribution in [3.8, 4) is 11.5 Å². The molecule has 2 aliphatic heterocycles. The van der Waals surface area contributed by atoms with E-state index in [0.717, 1.165) is 18.7 Å². The van der Waals surface area contributed by atoms with E-state index in [0.29, 0.717) is 27.1 Å². The number of methoxy groups -OCH3 is 1. The van der Waals surface area contributed by atoms with Gasteiger partial charge in [-0.1, -0.05) is 0 Å². The van der Waals surface area contributed by atoms with E-state index >= 15 is 0 Å². The number of ketones is 1. The lowest BCUT2D eigenvalue weighted by atomic mass is 9.68. The van der Waals surface area contributed by atoms with Crippen molar-refractivity contribution in [2.75, 3.05) is 27.3 Å². The van der Waals surface area contributed by atoms with Gasteiger partial charge < -0.3 is 24.2 Å². The standard InChI is InChI=1S/C20H22BrNO6/c1-10(9-23)27-19(25)16-12(21)8-13(26-3)18-17(16)20-4-5-22(2)14(20)6-11(24)7-15(20)28-18/h6,8,10,15,23H,4-5,7,9H2,1-3H3. The zero-order valence-electron chi connectivity index (χ0n) is 16.0. The second kappa shape index (κ2) is 6.77. The number of rotatable bonds is 4. The third-order valence-corrected chi connectivity index (χ3v) is 6.46. The van der Waals surface area contributed by atoms with Crippen LogP contribution in [0.3, 0.4) is 0 Å². The predicted octanol–water partition coefficient (Wildman–Crippen LogP) is 2.19. The lowest BCUT2D eigenvalue weighted by Gasteiger charge is -2.35. The molecule has 0 amide bonds. The SMILES string of the molecule is COc1cc(Br)c(C(=O)OC(C)CO)c2c1OC1CC(=O)C=C3N(C)CCC321. The lowest BCUT2D eigenvalue weighted by molar-refractivity contribution is -0.117. The number of nitrogens with zero attached hydrogens (tertiary/aromatic N) is 1. The molecule has 1 aromatic carbocycles. The molecule has 1 fully saturated rings. The van der Waals surface area contributed by atoms with Gasteiger partial charge >= 0.3 is 5.97 Å². The fourth-order valence-corrected chi connectivity index (χ4v) is 5.11. The van der Waals surface area contributed by atoms with E-state index in [1.807, 2.05) is 11.9 Å². The Bertz CT molecular complexity index is 897. The van der Waals surface area contributed by atoms with Crippen LogP contribution in [0.2, 0.25) is 0 Å². The molecule has 1 aliphatic carbocycles. The summed E-state index contributed by atoms with van der Waals surface area (Å²) >= 11 is 3.49. The number of carbonyl (C=O) groups excluding carboxylic acids is 2. The van der Waals surface area contributed by atoms with E-state index in [9.17, 15) is 14.7 Å². The van der Waals surface area contributed by atoms with E-state index in [2.05, 4.69) is 15.9 Å². The minimum atomic E-state index is -0.637. The predicted molar refractivity (Wildman–Crippen MR) is 104 cm³/mol. The van der Waals surface area contributed by atoms with Crippen molar-refractivity contribution >= 4 is 27.7 Å². The van der Waals surface area contributed by atoms with Crippen molar-refractivity contribution in [1.29, 1.82) is 0 Å². The highest BCUT2D eigenvalue weighted by Gasteiger charge is 2.60. The molecule has 150 valence electrons. The largest absolute Gasteiger partial charge is 0.493 e. The number of esters is 1. The number of halogens is 1. The number of ether oxygens (including phenoxy) is 3. The van der Waals surface area contributed by atoms with Gasteiger partial charge in [0.15, 0.2) is 17.3 Å². The molecule has 3 unspecified atom stereocenters. The minimum absolute atomic E-state index is 0.00763. The van der Waals surface area contributed by atoms with Gasteiger partial charge in [-0.25, -0.2) is 4.79 Å². The molecule has 1 N–H and O–H groups in total. The monoisotopic (exact) mass is 451 g/mol. The average Bonchev–Trinajstić information content (AvgIpc) is 3.16. The summed E-state index contributed by atoms with van der Waals surface area (Å²) in [6.45, 7) is 2.10. The molecular weight excluding hydrogens is 430 g/mol. The molecule has 28 heavy (non-hydrogen) atoms. The summed E-state index contributed by atoms with van der Waals surface area (Å²) in [5.41, 5.74) is 1.30. The molecule has 0 bridgehead atoms. The molecule has 2 heterocycles. The Morgan fingerprint density at radius 3 is 2.96 bits per heavy atom. The molecule has 8 heteroatoms. The molecule has 0 saturated carbocycles. The van der Waals surface area contributed by atoms with E-state index in [-0.39, 0.29) is 18.8 Å². The van der Waals surface area contributed by atoms with Crippen LogP contribution < -0.4 is 9.47 Å². The molecule has 1 saturated heterocycles. The zero-order valence-corrected chi connectivity index (χ0v) is 17.5. The van der Waals surface area contributed by atoms with Gasteiger partial charge in [-0.3, -0.25) is 4.79 Å². The maximum Gasteiger partial charge on any atom is 0.340 e. The first-order chi connectivity index (χ1) is 13.3. The Balaban J connectivity index is 1.97. The van der Waals surface area contributed by atoms with Crippen molar-refractivity contribution in [2.24, 2.45) is 0 Å². The van der Waals surface area contributed by atoms with Crippen molar-refractivity contribution in [1.82, 2.24) is 4.90 Å². The summed E-state index contributed by atoms with van der Waals surface area (Å²) in [4.78, 5) is 27.4. The lowest BCUT2D eigenvalue weighted by Crippen LogP contribution is -2.44. The van der Waals surface area contributed by atoms with Crippen molar-refractivity contribution in [3.05, 3.63) is 33.4 Å². The Hall–Kier alpha value is -2.06. The normalized spacial score (nSPS) is 26.0. The number of fused-ring (bicyclic) bond motifs is 1. The second-order valence-corrected chi connectivity index (χ2v) is 8.34. The van der Waals surface area contributed by atoms with Gasteiger partial charge in [-0.15, -0.1) is 0 Å². The van der Waals surface area contributed by atoms with Crippen LogP contribution in [0.5, 0.6) is 11.5 Å². The van der Waals surface area contributed by atoms with Crippen LogP contribution in [0.4, 0.5) is 0 Å². The fourth-order valence-electron chi connectivity index (χ4n) is 4.55. The van der Waals surface area contributed by atoms with Crippen molar-refractivity contribution in [2.45, 2.75) is 37.4 Å². The van der Waals surface area contributed by atoms with Crippen LogP contribution >= 0.6 is 15.9 Å². The summed E-state index contributed by atoms with van der Waals surface area (Å²) in [5, 5.41) is 9.29. The third-order valence-electron chi connectivity index (χ3n) is 5.84. The summed E-state index contributed by atoms with van der Waals surface area (Å²) in [7, 11) is 3.48. The van der Waals surface area contributed by atoms with E-state index in [1.54, 1.807) is 26.2 Å². The van der Waals surface area contributed by atoms with Crippen LogP contribution in [0.1, 0.15) is 35.7 Å². The first kappa shape index (κ1) is 19.3.